The van der Waals surface area contributed by atoms with Crippen molar-refractivity contribution >= 4 is 23.1 Å². The number of hydrogen-bond acceptors (Lipinski definition) is 5. The molecule has 10 heteroatoms. The summed E-state index contributed by atoms with van der Waals surface area (Å²) in [6.45, 7) is 1.41. The number of pyridine rings is 1. The van der Waals surface area contributed by atoms with Crippen LogP contribution >= 0.6 is 0 Å². The van der Waals surface area contributed by atoms with Crippen LogP contribution in [0.1, 0.15) is 58.8 Å². The van der Waals surface area contributed by atoms with E-state index in [1.807, 2.05) is 0 Å². The summed E-state index contributed by atoms with van der Waals surface area (Å²) in [7, 11) is 0. The Bertz CT molecular complexity index is 802. The Morgan fingerprint density at radius 2 is 2.10 bits per heavy atom. The van der Waals surface area contributed by atoms with Crippen molar-refractivity contribution in [2.45, 2.75) is 71.4 Å². The van der Waals surface area contributed by atoms with Gasteiger partial charge in [0.25, 0.3) is 0 Å². The number of nitrogen functional groups attached to an aromatic ring is 1. The normalized spacial score (nSPS) is 15.6. The molecule has 0 saturated heterocycles. The van der Waals surface area contributed by atoms with Gasteiger partial charge in [-0.3, -0.25) is 5.10 Å². The topological polar surface area (TPSA) is 103 Å². The van der Waals surface area contributed by atoms with Crippen molar-refractivity contribution in [3.8, 4) is 5.88 Å². The summed E-state index contributed by atoms with van der Waals surface area (Å²) < 4.78 is 28.8. The largest absolute Gasteiger partial charge is 1.00 e. The van der Waals surface area contributed by atoms with Crippen molar-refractivity contribution in [3.05, 3.63) is 23.5 Å². The van der Waals surface area contributed by atoms with Crippen molar-refractivity contribution in [1.82, 2.24) is 15.2 Å². The first kappa shape index (κ1) is 25.7. The van der Waals surface area contributed by atoms with Gasteiger partial charge < -0.3 is 26.1 Å². The molecule has 2 unspecified atom stereocenters. The molecule has 0 bridgehead atoms. The number of hydrogen-bond donors (Lipinski definition) is 3. The first-order chi connectivity index (χ1) is 14.4. The van der Waals surface area contributed by atoms with E-state index in [2.05, 4.69) is 39.1 Å². The molecule has 0 spiro atoms. The van der Waals surface area contributed by atoms with Crippen LogP contribution in [0.4, 0.5) is 31.9 Å². The average molecular weight is 445 g/mol. The maximum Gasteiger partial charge on any atom is 1.00 e. The van der Waals surface area contributed by atoms with Crippen LogP contribution in [-0.2, 0) is 0 Å². The summed E-state index contributed by atoms with van der Waals surface area (Å²) in [5.74, 6) is 2.56. The summed E-state index contributed by atoms with van der Waals surface area (Å²) >= 11 is 0. The Kier molecular flexibility index (Phi) is 10.3. The molecule has 1 saturated carbocycles. The number of alkyl halides is 2. The number of nitrogens with two attached hydrogens (primary N) is 1. The number of aromatic amines is 1. The molecule has 4 N–H and O–H groups in total. The van der Waals surface area contributed by atoms with Crippen LogP contribution in [0, 0.1) is 11.8 Å². The third-order valence-electron chi connectivity index (χ3n) is 5.77. The minimum Gasteiger partial charge on any atom is -0.460 e. The second-order valence-corrected chi connectivity index (χ2v) is 8.03. The fourth-order valence-corrected chi connectivity index (χ4v) is 3.82. The van der Waals surface area contributed by atoms with Gasteiger partial charge in [-0.05, 0) is 35.8 Å². The molecule has 3 rings (SSSR count). The van der Waals surface area contributed by atoms with Crippen molar-refractivity contribution in [2.24, 2.45) is 11.8 Å². The van der Waals surface area contributed by atoms with Crippen LogP contribution < -0.4 is 45.3 Å². The fraction of sp³-hybridized carbons (Fsp3) is 0.619. The van der Waals surface area contributed by atoms with Crippen LogP contribution in [0.25, 0.3) is 5.32 Å². The number of ether oxygens (including phenoxy) is 1. The Balaban J connectivity index is 0.00000341. The Labute approximate surface area is 204 Å². The van der Waals surface area contributed by atoms with Crippen LogP contribution in [0.3, 0.4) is 0 Å². The van der Waals surface area contributed by atoms with E-state index in [9.17, 15) is 8.78 Å². The van der Waals surface area contributed by atoms with E-state index in [4.69, 9.17) is 11.1 Å². The number of halogens is 2. The number of nitrogens with zero attached hydrogens (tertiary/aromatic N) is 3. The average Bonchev–Trinajstić information content (AvgIpc) is 3.08. The molecule has 166 valence electrons. The maximum atomic E-state index is 12.3. The monoisotopic (exact) mass is 444 g/mol. The molecule has 1 aliphatic carbocycles. The van der Waals surface area contributed by atoms with E-state index in [0.29, 0.717) is 29.1 Å². The number of rotatable bonds is 12. The van der Waals surface area contributed by atoms with Crippen LogP contribution in [-0.4, -0.2) is 27.8 Å². The van der Waals surface area contributed by atoms with Gasteiger partial charge in [-0.1, -0.05) is 58.8 Å². The second kappa shape index (κ2) is 12.5. The molecule has 2 heterocycles. The van der Waals surface area contributed by atoms with Crippen LogP contribution in [0.2, 0.25) is 0 Å². The molecule has 7 nitrogen and oxygen atoms in total. The second-order valence-electron chi connectivity index (χ2n) is 8.03. The number of nitrogens with one attached hydrogen (secondary N) is 2. The van der Waals surface area contributed by atoms with Gasteiger partial charge in [0, 0.05) is 17.6 Å². The van der Waals surface area contributed by atoms with Gasteiger partial charge >= 0.3 is 36.2 Å². The number of aromatic nitrogens is 3. The van der Waals surface area contributed by atoms with Crippen LogP contribution in [0.5, 0.6) is 5.88 Å². The van der Waals surface area contributed by atoms with Gasteiger partial charge in [0.05, 0.1) is 0 Å². The molecule has 0 radical (unpaired) electrons. The SMILES string of the molecule is CCCC(CCC1CCC1)C(C)[N-]c1nc(Nc2cc(OC(F)F)n[nH]2)ccc1N.[Na+]. The molecule has 0 aliphatic heterocycles. The summed E-state index contributed by atoms with van der Waals surface area (Å²) in [5, 5.41) is 14.1. The third-order valence-corrected chi connectivity index (χ3v) is 5.77. The predicted molar refractivity (Wildman–Crippen MR) is 115 cm³/mol. The quantitative estimate of drug-likeness (QED) is 0.437. The standard InChI is InChI=1S/C21H31F2N6O.Na/c1-3-5-15(9-8-14-6-4-7-14)13(2)25-20-16(24)10-11-17(27-20)26-18-12-19(29-28-18)30-21(22)23;/h10-15,21H,3-9,24H2,1-2H3,(H2-,25,26,27,28,29);/q-1;+1. The van der Waals surface area contributed by atoms with E-state index in [1.54, 1.807) is 12.1 Å². The van der Waals surface area contributed by atoms with E-state index in [1.165, 1.54) is 38.2 Å². The molecular formula is C21H31F2N6NaO. The molecule has 2 aromatic rings. The molecule has 2 aromatic heterocycles. The number of H-pyrrole nitrogens is 1. The van der Waals surface area contributed by atoms with Crippen molar-refractivity contribution in [3.63, 3.8) is 0 Å². The molecule has 31 heavy (non-hydrogen) atoms. The summed E-state index contributed by atoms with van der Waals surface area (Å²) in [5.41, 5.74) is 6.62. The molecular weight excluding hydrogens is 413 g/mol. The van der Waals surface area contributed by atoms with E-state index in [0.717, 1.165) is 18.8 Å². The summed E-state index contributed by atoms with van der Waals surface area (Å²) in [6, 6.07) is 4.89. The molecule has 0 aromatic carbocycles. The van der Waals surface area contributed by atoms with E-state index in [-0.39, 0.29) is 41.5 Å². The van der Waals surface area contributed by atoms with Gasteiger partial charge in [0.2, 0.25) is 5.88 Å². The zero-order chi connectivity index (χ0) is 21.5. The van der Waals surface area contributed by atoms with Crippen molar-refractivity contribution < 1.29 is 43.1 Å². The maximum absolute atomic E-state index is 12.3. The molecule has 2 atom stereocenters. The van der Waals surface area contributed by atoms with Crippen molar-refractivity contribution in [2.75, 3.05) is 11.1 Å². The Hall–Kier alpha value is -1.58. The smallest absolute Gasteiger partial charge is 0.460 e. The minimum absolute atomic E-state index is 0. The fourth-order valence-electron chi connectivity index (χ4n) is 3.82. The van der Waals surface area contributed by atoms with Crippen LogP contribution in [0.15, 0.2) is 18.2 Å². The third kappa shape index (κ3) is 7.80. The summed E-state index contributed by atoms with van der Waals surface area (Å²) in [6.07, 6.45) is 8.82. The zero-order valence-electron chi connectivity index (χ0n) is 18.6. The van der Waals surface area contributed by atoms with Gasteiger partial charge in [-0.15, -0.1) is 5.10 Å². The first-order valence-electron chi connectivity index (χ1n) is 10.7. The summed E-state index contributed by atoms with van der Waals surface area (Å²) in [4.78, 5) is 4.50. The first-order valence-corrected chi connectivity index (χ1v) is 10.7. The molecule has 0 amide bonds. The van der Waals surface area contributed by atoms with Gasteiger partial charge in [0.15, 0.2) is 0 Å². The molecule has 1 fully saturated rings. The Morgan fingerprint density at radius 3 is 2.74 bits per heavy atom. The van der Waals surface area contributed by atoms with Crippen molar-refractivity contribution in [1.29, 1.82) is 0 Å². The predicted octanol–water partition coefficient (Wildman–Crippen LogP) is 3.13. The van der Waals surface area contributed by atoms with Gasteiger partial charge in [-0.2, -0.15) is 8.78 Å². The van der Waals surface area contributed by atoms with Gasteiger partial charge in [-0.25, -0.2) is 0 Å². The Morgan fingerprint density at radius 1 is 1.32 bits per heavy atom. The number of anilines is 3. The van der Waals surface area contributed by atoms with E-state index >= 15 is 0 Å². The molecule has 1 aliphatic rings. The zero-order valence-corrected chi connectivity index (χ0v) is 20.6. The van der Waals surface area contributed by atoms with E-state index < -0.39 is 6.61 Å². The minimum atomic E-state index is -2.93. The van der Waals surface area contributed by atoms with Gasteiger partial charge in [0.1, 0.15) is 5.82 Å².